The first kappa shape index (κ1) is 18.0. The van der Waals surface area contributed by atoms with E-state index in [-0.39, 0.29) is 5.97 Å². The zero-order valence-corrected chi connectivity index (χ0v) is 16.0. The quantitative estimate of drug-likeness (QED) is 0.766. The van der Waals surface area contributed by atoms with Crippen LogP contribution in [-0.2, 0) is 22.4 Å². The Morgan fingerprint density at radius 2 is 1.44 bits per heavy atom. The van der Waals surface area contributed by atoms with Gasteiger partial charge in [0.1, 0.15) is 0 Å². The molecule has 0 N–H and O–H groups in total. The lowest BCUT2D eigenvalue weighted by atomic mass is 9.86. The maximum absolute atomic E-state index is 11.8. The summed E-state index contributed by atoms with van der Waals surface area (Å²) >= 11 is 0. The van der Waals surface area contributed by atoms with Crippen molar-refractivity contribution in [2.45, 2.75) is 32.6 Å². The number of likely N-dealkylation sites (tertiary alicyclic amines) is 1. The zero-order valence-electron chi connectivity index (χ0n) is 16.0. The maximum atomic E-state index is 11.8. The van der Waals surface area contributed by atoms with Crippen LogP contribution >= 0.6 is 0 Å². The van der Waals surface area contributed by atoms with Crippen LogP contribution in [0, 0.1) is 0 Å². The molecule has 0 bridgehead atoms. The Bertz CT molecular complexity index is 809. The van der Waals surface area contributed by atoms with Crippen LogP contribution in [0.3, 0.4) is 0 Å². The van der Waals surface area contributed by atoms with E-state index in [9.17, 15) is 4.79 Å². The first-order chi connectivity index (χ1) is 13.3. The van der Waals surface area contributed by atoms with Crippen LogP contribution in [0.4, 0.5) is 0 Å². The summed E-state index contributed by atoms with van der Waals surface area (Å²) < 4.78 is 5.10. The third-order valence-electron chi connectivity index (χ3n) is 5.71. The first-order valence-corrected chi connectivity index (χ1v) is 10.0. The number of nitrogens with zero attached hydrogens (tertiary/aromatic N) is 1. The lowest BCUT2D eigenvalue weighted by Crippen LogP contribution is -2.36. The number of ether oxygens (including phenoxy) is 1. The molecule has 2 aromatic carbocycles. The normalized spacial score (nSPS) is 17.1. The molecule has 0 amide bonds. The molecular weight excluding hydrogens is 334 g/mol. The summed E-state index contributed by atoms with van der Waals surface area (Å²) in [4.78, 5) is 14.0. The van der Waals surface area contributed by atoms with Gasteiger partial charge in [-0.25, -0.2) is 0 Å². The number of aryl methyl sites for hydroxylation is 2. The number of fused-ring (bicyclic) bond motifs is 2. The Balaban J connectivity index is 1.66. The van der Waals surface area contributed by atoms with Crippen LogP contribution in [0.1, 0.15) is 42.0 Å². The van der Waals surface area contributed by atoms with Crippen LogP contribution in [0.2, 0.25) is 0 Å². The Kier molecular flexibility index (Phi) is 5.40. The molecule has 0 aromatic heterocycles. The van der Waals surface area contributed by atoms with Gasteiger partial charge in [-0.2, -0.15) is 0 Å². The molecule has 1 aliphatic carbocycles. The van der Waals surface area contributed by atoms with E-state index in [2.05, 4.69) is 53.4 Å². The molecular formula is C24H27NO2. The lowest BCUT2D eigenvalue weighted by molar-refractivity contribution is -0.144. The van der Waals surface area contributed by atoms with Gasteiger partial charge in [-0.15, -0.1) is 0 Å². The molecule has 140 valence electrons. The van der Waals surface area contributed by atoms with Gasteiger partial charge >= 0.3 is 5.97 Å². The average Bonchev–Trinajstić information content (AvgIpc) is 2.86. The summed E-state index contributed by atoms with van der Waals surface area (Å²) in [6.07, 6.45) is 4.21. The van der Waals surface area contributed by atoms with Crippen molar-refractivity contribution in [3.05, 3.63) is 76.4 Å². The molecule has 0 saturated carbocycles. The fraction of sp³-hybridized carbons (Fsp3) is 0.375. The number of piperidine rings is 1. The van der Waals surface area contributed by atoms with Crippen molar-refractivity contribution >= 4 is 11.5 Å². The highest BCUT2D eigenvalue weighted by molar-refractivity contribution is 5.86. The van der Waals surface area contributed by atoms with Gasteiger partial charge in [-0.05, 0) is 60.4 Å². The third-order valence-corrected chi connectivity index (χ3v) is 5.71. The maximum Gasteiger partial charge on any atom is 0.320 e. The van der Waals surface area contributed by atoms with Gasteiger partial charge in [0.2, 0.25) is 0 Å². The van der Waals surface area contributed by atoms with E-state index < -0.39 is 0 Å². The number of hydrogen-bond acceptors (Lipinski definition) is 3. The molecule has 0 atom stereocenters. The van der Waals surface area contributed by atoms with Crippen molar-refractivity contribution in [3.63, 3.8) is 0 Å². The molecule has 2 aliphatic rings. The number of carbonyl (C=O) groups excluding carboxylic acids is 1. The van der Waals surface area contributed by atoms with Crippen molar-refractivity contribution in [3.8, 4) is 0 Å². The van der Waals surface area contributed by atoms with Gasteiger partial charge in [0.15, 0.2) is 0 Å². The fourth-order valence-electron chi connectivity index (χ4n) is 4.38. The highest BCUT2D eigenvalue weighted by atomic mass is 16.5. The predicted molar refractivity (Wildman–Crippen MR) is 109 cm³/mol. The molecule has 3 heteroatoms. The van der Waals surface area contributed by atoms with Crippen molar-refractivity contribution < 1.29 is 9.53 Å². The van der Waals surface area contributed by atoms with Crippen LogP contribution in [0.25, 0.3) is 5.57 Å². The van der Waals surface area contributed by atoms with Gasteiger partial charge in [-0.3, -0.25) is 9.69 Å². The molecule has 0 spiro atoms. The minimum Gasteiger partial charge on any atom is -0.465 e. The standard InChI is InChI=1S/C24H27NO2/c1-2-27-23(26)17-25-15-13-20(14-16-25)24-21-9-5-3-7-18(21)11-12-19-8-4-6-10-22(19)24/h3-10H,2,11-17H2,1H3. The van der Waals surface area contributed by atoms with Crippen LogP contribution in [0.5, 0.6) is 0 Å². The monoisotopic (exact) mass is 361 g/mol. The molecule has 1 saturated heterocycles. The summed E-state index contributed by atoms with van der Waals surface area (Å²) in [6.45, 7) is 4.56. The molecule has 0 unspecified atom stereocenters. The topological polar surface area (TPSA) is 29.5 Å². The van der Waals surface area contributed by atoms with E-state index in [4.69, 9.17) is 4.74 Å². The molecule has 4 rings (SSSR count). The van der Waals surface area contributed by atoms with E-state index in [0.29, 0.717) is 13.2 Å². The van der Waals surface area contributed by atoms with Gasteiger partial charge in [0, 0.05) is 13.1 Å². The van der Waals surface area contributed by atoms with E-state index in [0.717, 1.165) is 38.8 Å². The largest absolute Gasteiger partial charge is 0.465 e. The fourth-order valence-corrected chi connectivity index (χ4v) is 4.38. The Hall–Kier alpha value is -2.39. The summed E-state index contributed by atoms with van der Waals surface area (Å²) in [6, 6.07) is 17.7. The van der Waals surface area contributed by atoms with Crippen LogP contribution in [0.15, 0.2) is 54.1 Å². The van der Waals surface area contributed by atoms with E-state index in [1.807, 2.05) is 6.92 Å². The van der Waals surface area contributed by atoms with E-state index in [1.165, 1.54) is 33.4 Å². The Labute approximate surface area is 161 Å². The van der Waals surface area contributed by atoms with Gasteiger partial charge < -0.3 is 4.74 Å². The number of esters is 1. The molecule has 0 radical (unpaired) electrons. The molecule has 27 heavy (non-hydrogen) atoms. The van der Waals surface area contributed by atoms with Crippen molar-refractivity contribution in [2.75, 3.05) is 26.2 Å². The zero-order chi connectivity index (χ0) is 18.6. The number of rotatable bonds is 3. The number of benzene rings is 2. The summed E-state index contributed by atoms with van der Waals surface area (Å²) in [5.41, 5.74) is 8.66. The SMILES string of the molecule is CCOC(=O)CN1CCC(=C2c3ccccc3CCc3ccccc32)CC1. The van der Waals surface area contributed by atoms with Crippen molar-refractivity contribution in [1.29, 1.82) is 0 Å². The molecule has 2 aromatic rings. The van der Waals surface area contributed by atoms with Crippen molar-refractivity contribution in [2.24, 2.45) is 0 Å². The van der Waals surface area contributed by atoms with E-state index >= 15 is 0 Å². The minimum absolute atomic E-state index is 0.112. The second kappa shape index (κ2) is 8.10. The van der Waals surface area contributed by atoms with Crippen molar-refractivity contribution in [1.82, 2.24) is 4.90 Å². The third kappa shape index (κ3) is 3.84. The molecule has 3 nitrogen and oxygen atoms in total. The first-order valence-electron chi connectivity index (χ1n) is 10.0. The second-order valence-corrected chi connectivity index (χ2v) is 7.37. The summed E-state index contributed by atoms with van der Waals surface area (Å²) in [5, 5.41) is 0. The average molecular weight is 361 g/mol. The summed E-state index contributed by atoms with van der Waals surface area (Å²) in [7, 11) is 0. The molecule has 1 heterocycles. The second-order valence-electron chi connectivity index (χ2n) is 7.37. The van der Waals surface area contributed by atoms with Crippen LogP contribution < -0.4 is 0 Å². The van der Waals surface area contributed by atoms with Gasteiger partial charge in [0.05, 0.1) is 13.2 Å². The lowest BCUT2D eigenvalue weighted by Gasteiger charge is -2.29. The van der Waals surface area contributed by atoms with Crippen LogP contribution in [-0.4, -0.2) is 37.1 Å². The molecule has 1 aliphatic heterocycles. The van der Waals surface area contributed by atoms with Gasteiger partial charge in [-0.1, -0.05) is 54.1 Å². The predicted octanol–water partition coefficient (Wildman–Crippen LogP) is 4.25. The Morgan fingerprint density at radius 1 is 0.889 bits per heavy atom. The van der Waals surface area contributed by atoms with Gasteiger partial charge in [0.25, 0.3) is 0 Å². The van der Waals surface area contributed by atoms with E-state index in [1.54, 1.807) is 0 Å². The molecule has 1 fully saturated rings. The minimum atomic E-state index is -0.112. The highest BCUT2D eigenvalue weighted by Crippen LogP contribution is 2.38. The highest BCUT2D eigenvalue weighted by Gasteiger charge is 2.24. The smallest absolute Gasteiger partial charge is 0.320 e. The number of carbonyl (C=O) groups is 1. The summed E-state index contributed by atoms with van der Waals surface area (Å²) in [5.74, 6) is -0.112. The Morgan fingerprint density at radius 3 is 2.00 bits per heavy atom. The number of hydrogen-bond donors (Lipinski definition) is 0.